The Hall–Kier alpha value is -0.160. The smallest absolute Gasteiger partial charge is 0.0640 e. The molecule has 0 amide bonds. The lowest BCUT2D eigenvalue weighted by atomic mass is 9.73. The Bertz CT molecular complexity index is 445. The van der Waals surface area contributed by atoms with E-state index < -0.39 is 0 Å². The zero-order valence-corrected chi connectivity index (χ0v) is 20.4. The molecular formula is C24H50N4. The van der Waals surface area contributed by atoms with Crippen molar-refractivity contribution in [3.05, 3.63) is 0 Å². The van der Waals surface area contributed by atoms with Crippen LogP contribution in [0.3, 0.4) is 0 Å². The molecule has 0 radical (unpaired) electrons. The van der Waals surface area contributed by atoms with Crippen LogP contribution in [0, 0.1) is 0 Å². The van der Waals surface area contributed by atoms with E-state index in [2.05, 4.69) is 72.1 Å². The lowest BCUT2D eigenvalue weighted by molar-refractivity contribution is -0.184. The minimum atomic E-state index is 0.0871. The number of nitrogens with two attached hydrogens (primary N) is 2. The summed E-state index contributed by atoms with van der Waals surface area (Å²) in [7, 11) is 0. The number of rotatable bonds is 6. The molecule has 0 unspecified atom stereocenters. The van der Waals surface area contributed by atoms with Gasteiger partial charge in [0.2, 0.25) is 0 Å². The number of nitrogens with zero attached hydrogens (tertiary/aromatic N) is 2. The maximum atomic E-state index is 6.52. The highest BCUT2D eigenvalue weighted by molar-refractivity contribution is 5.09. The van der Waals surface area contributed by atoms with Gasteiger partial charge in [0.1, 0.15) is 0 Å². The molecule has 0 bridgehead atoms. The number of piperidine rings is 2. The monoisotopic (exact) mass is 394 g/mol. The average Bonchev–Trinajstić information content (AvgIpc) is 2.40. The summed E-state index contributed by atoms with van der Waals surface area (Å²) in [6.45, 7) is 21.6. The molecule has 28 heavy (non-hydrogen) atoms. The summed E-state index contributed by atoms with van der Waals surface area (Å²) in [6, 6.07) is 0.571. The Morgan fingerprint density at radius 3 is 1.29 bits per heavy atom. The molecule has 0 spiro atoms. The van der Waals surface area contributed by atoms with Gasteiger partial charge in [0.05, 0.1) is 6.17 Å². The largest absolute Gasteiger partial charge is 0.328 e. The van der Waals surface area contributed by atoms with Gasteiger partial charge in [-0.05, 0) is 87.5 Å². The van der Waals surface area contributed by atoms with Crippen LogP contribution in [-0.2, 0) is 0 Å². The predicted octanol–water partition coefficient (Wildman–Crippen LogP) is 4.85. The maximum absolute atomic E-state index is 6.52. The van der Waals surface area contributed by atoms with E-state index >= 15 is 0 Å². The molecule has 0 aromatic rings. The lowest BCUT2D eigenvalue weighted by Gasteiger charge is -2.66. The van der Waals surface area contributed by atoms with Gasteiger partial charge >= 0.3 is 0 Å². The van der Waals surface area contributed by atoms with Gasteiger partial charge in [-0.2, -0.15) is 0 Å². The molecule has 2 rings (SSSR count). The van der Waals surface area contributed by atoms with Crippen molar-refractivity contribution in [1.82, 2.24) is 9.80 Å². The molecule has 166 valence electrons. The first-order chi connectivity index (χ1) is 12.6. The predicted molar refractivity (Wildman–Crippen MR) is 122 cm³/mol. The molecule has 0 saturated carbocycles. The fraction of sp³-hybridized carbons (Fsp3) is 1.00. The summed E-state index contributed by atoms with van der Waals surface area (Å²) >= 11 is 0. The van der Waals surface area contributed by atoms with Crippen molar-refractivity contribution in [1.29, 1.82) is 0 Å². The van der Waals surface area contributed by atoms with Gasteiger partial charge in [-0.1, -0.05) is 26.2 Å². The van der Waals surface area contributed by atoms with Crippen molar-refractivity contribution in [2.24, 2.45) is 11.5 Å². The quantitative estimate of drug-likeness (QED) is 0.632. The molecule has 0 aliphatic carbocycles. The van der Waals surface area contributed by atoms with E-state index in [1.165, 1.54) is 25.7 Å². The molecule has 2 aliphatic rings. The number of hydrogen-bond acceptors (Lipinski definition) is 4. The van der Waals surface area contributed by atoms with Crippen LogP contribution in [0.25, 0.3) is 0 Å². The molecule has 2 aliphatic heterocycles. The lowest BCUT2D eigenvalue weighted by Crippen LogP contribution is -2.75. The Labute approximate surface area is 175 Å². The molecule has 0 aromatic carbocycles. The second-order valence-electron chi connectivity index (χ2n) is 12.3. The van der Waals surface area contributed by atoms with E-state index in [1.807, 2.05) is 0 Å². The van der Waals surface area contributed by atoms with E-state index in [0.717, 1.165) is 25.7 Å². The summed E-state index contributed by atoms with van der Waals surface area (Å²) in [5, 5.41) is 0. The van der Waals surface area contributed by atoms with Gasteiger partial charge < -0.3 is 11.5 Å². The summed E-state index contributed by atoms with van der Waals surface area (Å²) in [5.74, 6) is 0. The molecule has 4 heteroatoms. The van der Waals surface area contributed by atoms with Crippen molar-refractivity contribution < 1.29 is 0 Å². The molecule has 2 heterocycles. The van der Waals surface area contributed by atoms with Crippen LogP contribution in [0.15, 0.2) is 0 Å². The highest BCUT2D eigenvalue weighted by Crippen LogP contribution is 2.47. The van der Waals surface area contributed by atoms with Crippen LogP contribution in [0.1, 0.15) is 114 Å². The van der Waals surface area contributed by atoms with Crippen LogP contribution < -0.4 is 11.5 Å². The highest BCUT2D eigenvalue weighted by atomic mass is 15.5. The fourth-order valence-electron chi connectivity index (χ4n) is 7.31. The highest BCUT2D eigenvalue weighted by Gasteiger charge is 2.54. The van der Waals surface area contributed by atoms with Crippen molar-refractivity contribution in [3.63, 3.8) is 0 Å². The van der Waals surface area contributed by atoms with Gasteiger partial charge in [0.15, 0.2) is 0 Å². The first-order valence-corrected chi connectivity index (χ1v) is 11.7. The molecule has 2 saturated heterocycles. The number of hydrogen-bond donors (Lipinski definition) is 2. The molecular weight excluding hydrogens is 344 g/mol. The maximum Gasteiger partial charge on any atom is 0.0640 e. The summed E-state index contributed by atoms with van der Waals surface area (Å²) in [6.07, 6.45) is 9.75. The molecule has 0 atom stereocenters. The summed E-state index contributed by atoms with van der Waals surface area (Å²) < 4.78 is 0. The normalized spacial score (nSPS) is 28.7. The molecule has 0 aromatic heterocycles. The van der Waals surface area contributed by atoms with Crippen LogP contribution in [-0.4, -0.2) is 50.2 Å². The standard InChI is InChI=1S/C24H50N4/c1-10-11-12-13-20(27-21(2,3)14-18(25)15-22(27,4)5)28-23(6,7)16-19(26)17-24(28,8)9/h18-20H,10-17,25-26H2,1-9H3. The van der Waals surface area contributed by atoms with Gasteiger partial charge in [0, 0.05) is 34.2 Å². The second-order valence-corrected chi connectivity index (χ2v) is 12.3. The third kappa shape index (κ3) is 4.94. The van der Waals surface area contributed by atoms with E-state index in [4.69, 9.17) is 11.5 Å². The number of unbranched alkanes of at least 4 members (excludes halogenated alkanes) is 2. The van der Waals surface area contributed by atoms with Crippen molar-refractivity contribution >= 4 is 0 Å². The summed E-state index contributed by atoms with van der Waals surface area (Å²) in [5.41, 5.74) is 13.4. The molecule has 4 nitrogen and oxygen atoms in total. The van der Waals surface area contributed by atoms with Crippen molar-refractivity contribution in [2.75, 3.05) is 0 Å². The molecule has 2 fully saturated rings. The van der Waals surface area contributed by atoms with E-state index in [-0.39, 0.29) is 34.2 Å². The van der Waals surface area contributed by atoms with Crippen molar-refractivity contribution in [3.8, 4) is 0 Å². The Kier molecular flexibility index (Phi) is 7.03. The van der Waals surface area contributed by atoms with Crippen LogP contribution in [0.5, 0.6) is 0 Å². The second kappa shape index (κ2) is 8.17. The number of likely N-dealkylation sites (tertiary alicyclic amines) is 2. The van der Waals surface area contributed by atoms with Gasteiger partial charge in [-0.25, -0.2) is 0 Å². The Morgan fingerprint density at radius 1 is 0.679 bits per heavy atom. The zero-order chi connectivity index (χ0) is 21.5. The fourth-order valence-corrected chi connectivity index (χ4v) is 7.31. The van der Waals surface area contributed by atoms with Gasteiger partial charge in [-0.3, -0.25) is 9.80 Å². The topological polar surface area (TPSA) is 58.5 Å². The third-order valence-corrected chi connectivity index (χ3v) is 7.32. The van der Waals surface area contributed by atoms with E-state index in [1.54, 1.807) is 0 Å². The van der Waals surface area contributed by atoms with E-state index in [9.17, 15) is 0 Å². The SMILES string of the molecule is CCCCCC(N1C(C)(C)CC(N)CC1(C)C)N1C(C)(C)CC(N)CC1(C)C. The summed E-state index contributed by atoms with van der Waals surface area (Å²) in [4.78, 5) is 5.69. The minimum Gasteiger partial charge on any atom is -0.328 e. The first-order valence-electron chi connectivity index (χ1n) is 11.7. The van der Waals surface area contributed by atoms with E-state index in [0.29, 0.717) is 6.17 Å². The Balaban J connectivity index is 2.51. The zero-order valence-electron chi connectivity index (χ0n) is 20.4. The van der Waals surface area contributed by atoms with Crippen LogP contribution in [0.4, 0.5) is 0 Å². The third-order valence-electron chi connectivity index (χ3n) is 7.32. The van der Waals surface area contributed by atoms with Crippen molar-refractivity contribution in [2.45, 2.75) is 154 Å². The Morgan fingerprint density at radius 2 is 1.00 bits per heavy atom. The van der Waals surface area contributed by atoms with Gasteiger partial charge in [-0.15, -0.1) is 0 Å². The van der Waals surface area contributed by atoms with Crippen LogP contribution in [0.2, 0.25) is 0 Å². The minimum absolute atomic E-state index is 0.0871. The molecule has 4 N–H and O–H groups in total. The van der Waals surface area contributed by atoms with Crippen LogP contribution >= 0.6 is 0 Å². The first kappa shape index (κ1) is 24.1. The van der Waals surface area contributed by atoms with Gasteiger partial charge in [0.25, 0.3) is 0 Å². The average molecular weight is 395 g/mol.